The van der Waals surface area contributed by atoms with E-state index < -0.39 is 10.0 Å². The molecule has 1 saturated heterocycles. The van der Waals surface area contributed by atoms with Crippen LogP contribution in [0.25, 0.3) is 0 Å². The minimum Gasteiger partial charge on any atom is -0.369 e. The molecule has 144 valence electrons. The highest BCUT2D eigenvalue weighted by Crippen LogP contribution is 2.24. The lowest BCUT2D eigenvalue weighted by Gasteiger charge is -2.35. The summed E-state index contributed by atoms with van der Waals surface area (Å²) in [6.07, 6.45) is 3.97. The number of sulfonamides is 1. The lowest BCUT2D eigenvalue weighted by Crippen LogP contribution is -2.50. The number of rotatable bonds is 6. The zero-order valence-electron chi connectivity index (χ0n) is 14.9. The molecule has 2 aliphatic rings. The van der Waals surface area contributed by atoms with Crippen LogP contribution in [0.3, 0.4) is 0 Å². The summed E-state index contributed by atoms with van der Waals surface area (Å²) in [5, 5.41) is 2.77. The normalized spacial score (nSPS) is 19.7. The first-order valence-electron chi connectivity index (χ1n) is 9.22. The van der Waals surface area contributed by atoms with Gasteiger partial charge in [-0.1, -0.05) is 12.8 Å². The number of nitrogens with zero attached hydrogens (tertiary/aromatic N) is 2. The highest BCUT2D eigenvalue weighted by Gasteiger charge is 2.28. The Kier molecular flexibility index (Phi) is 6.13. The second kappa shape index (κ2) is 8.35. The minimum atomic E-state index is -3.38. The summed E-state index contributed by atoms with van der Waals surface area (Å²) in [4.78, 5) is 14.0. The van der Waals surface area contributed by atoms with Gasteiger partial charge in [0, 0.05) is 44.3 Å². The number of carbonyl (C=O) groups is 1. The van der Waals surface area contributed by atoms with Crippen LogP contribution in [0.4, 0.5) is 10.1 Å². The van der Waals surface area contributed by atoms with Gasteiger partial charge in [0.1, 0.15) is 5.82 Å². The molecule has 0 atom stereocenters. The third-order valence-corrected chi connectivity index (χ3v) is 7.08. The quantitative estimate of drug-likeness (QED) is 0.810. The molecule has 1 saturated carbocycles. The fourth-order valence-corrected chi connectivity index (χ4v) is 4.98. The lowest BCUT2D eigenvalue weighted by molar-refractivity contribution is -0.124. The maximum Gasteiger partial charge on any atom is 0.223 e. The summed E-state index contributed by atoms with van der Waals surface area (Å²) in [5.74, 6) is -0.312. The van der Waals surface area contributed by atoms with Gasteiger partial charge in [0.05, 0.1) is 5.75 Å². The third-order valence-electron chi connectivity index (χ3n) is 5.21. The van der Waals surface area contributed by atoms with Crippen LogP contribution in [-0.4, -0.2) is 57.1 Å². The first-order chi connectivity index (χ1) is 12.5. The van der Waals surface area contributed by atoms with E-state index in [1.165, 1.54) is 16.4 Å². The van der Waals surface area contributed by atoms with Gasteiger partial charge in [0.25, 0.3) is 0 Å². The average Bonchev–Trinajstić information content (AvgIpc) is 3.17. The molecule has 2 fully saturated rings. The Morgan fingerprint density at radius 1 is 1.08 bits per heavy atom. The fraction of sp³-hybridized carbons (Fsp3) is 0.611. The molecule has 3 rings (SSSR count). The van der Waals surface area contributed by atoms with E-state index in [2.05, 4.69) is 5.32 Å². The first kappa shape index (κ1) is 19.1. The maximum atomic E-state index is 13.0. The van der Waals surface area contributed by atoms with Crippen molar-refractivity contribution in [3.63, 3.8) is 0 Å². The predicted octanol–water partition coefficient (Wildman–Crippen LogP) is 1.58. The Bertz CT molecular complexity index is 710. The number of halogens is 1. The summed E-state index contributed by atoms with van der Waals surface area (Å²) in [6.45, 7) is 2.10. The summed E-state index contributed by atoms with van der Waals surface area (Å²) in [7, 11) is -3.38. The van der Waals surface area contributed by atoms with Gasteiger partial charge in [-0.2, -0.15) is 4.31 Å². The molecule has 6 nitrogen and oxygen atoms in total. The maximum absolute atomic E-state index is 13.0. The van der Waals surface area contributed by atoms with Crippen molar-refractivity contribution in [1.82, 2.24) is 9.62 Å². The monoisotopic (exact) mass is 383 g/mol. The Balaban J connectivity index is 1.45. The second-order valence-electron chi connectivity index (χ2n) is 6.95. The number of nitrogens with one attached hydrogen (secondary N) is 1. The van der Waals surface area contributed by atoms with Gasteiger partial charge in [0.15, 0.2) is 0 Å². The number of piperazine rings is 1. The third kappa shape index (κ3) is 4.73. The number of carbonyl (C=O) groups excluding carboxylic acids is 1. The molecule has 0 radical (unpaired) electrons. The summed E-state index contributed by atoms with van der Waals surface area (Å²) < 4.78 is 39.5. The molecule has 1 aliphatic heterocycles. The van der Waals surface area contributed by atoms with Crippen molar-refractivity contribution in [2.45, 2.75) is 25.7 Å². The molecular weight excluding hydrogens is 357 g/mol. The van der Waals surface area contributed by atoms with Gasteiger partial charge < -0.3 is 10.2 Å². The summed E-state index contributed by atoms with van der Waals surface area (Å²) >= 11 is 0. The van der Waals surface area contributed by atoms with Crippen LogP contribution in [0, 0.1) is 11.7 Å². The molecule has 26 heavy (non-hydrogen) atoms. The highest BCUT2D eigenvalue weighted by atomic mass is 32.2. The van der Waals surface area contributed by atoms with E-state index in [0.717, 1.165) is 31.4 Å². The largest absolute Gasteiger partial charge is 0.369 e. The minimum absolute atomic E-state index is 0.0150. The van der Waals surface area contributed by atoms with Crippen LogP contribution >= 0.6 is 0 Å². The molecule has 0 bridgehead atoms. The van der Waals surface area contributed by atoms with Gasteiger partial charge in [0.2, 0.25) is 15.9 Å². The standard InChI is InChI=1S/C18H26FN3O3S/c19-16-5-7-17(8-6-16)21-10-12-22(13-11-21)26(24,25)14-9-20-18(23)15-3-1-2-4-15/h5-8,15H,1-4,9-14H2,(H,20,23). The predicted molar refractivity (Wildman–Crippen MR) is 98.9 cm³/mol. The molecule has 0 aromatic heterocycles. The van der Waals surface area contributed by atoms with E-state index in [-0.39, 0.29) is 29.9 Å². The first-order valence-corrected chi connectivity index (χ1v) is 10.8. The SMILES string of the molecule is O=C(NCCS(=O)(=O)N1CCN(c2ccc(F)cc2)CC1)C1CCCC1. The smallest absolute Gasteiger partial charge is 0.223 e. The average molecular weight is 383 g/mol. The van der Waals surface area contributed by atoms with Crippen LogP contribution in [0.2, 0.25) is 0 Å². The van der Waals surface area contributed by atoms with Crippen LogP contribution in [0.15, 0.2) is 24.3 Å². The van der Waals surface area contributed by atoms with Crippen LogP contribution in [-0.2, 0) is 14.8 Å². The van der Waals surface area contributed by atoms with Gasteiger partial charge in [-0.3, -0.25) is 4.79 Å². The molecule has 1 aliphatic carbocycles. The topological polar surface area (TPSA) is 69.7 Å². The van der Waals surface area contributed by atoms with Crippen LogP contribution < -0.4 is 10.2 Å². The van der Waals surface area contributed by atoms with Crippen molar-refractivity contribution in [2.75, 3.05) is 43.4 Å². The second-order valence-corrected chi connectivity index (χ2v) is 9.04. The molecule has 1 heterocycles. The molecule has 1 aromatic carbocycles. The van der Waals surface area contributed by atoms with Crippen molar-refractivity contribution in [3.8, 4) is 0 Å². The van der Waals surface area contributed by atoms with Gasteiger partial charge >= 0.3 is 0 Å². The Morgan fingerprint density at radius 2 is 1.69 bits per heavy atom. The Labute approximate surface area is 154 Å². The van der Waals surface area contributed by atoms with Gasteiger partial charge in [-0.25, -0.2) is 12.8 Å². The molecule has 1 amide bonds. The summed E-state index contributed by atoms with van der Waals surface area (Å²) in [6, 6.07) is 6.23. The Hall–Kier alpha value is -1.67. The number of hydrogen-bond acceptors (Lipinski definition) is 4. The van der Waals surface area contributed by atoms with E-state index in [9.17, 15) is 17.6 Å². The highest BCUT2D eigenvalue weighted by molar-refractivity contribution is 7.89. The van der Waals surface area contributed by atoms with E-state index in [0.29, 0.717) is 26.2 Å². The van der Waals surface area contributed by atoms with E-state index in [1.54, 1.807) is 12.1 Å². The fourth-order valence-electron chi connectivity index (χ4n) is 3.64. The van der Waals surface area contributed by atoms with E-state index >= 15 is 0 Å². The van der Waals surface area contributed by atoms with Gasteiger partial charge in [-0.05, 0) is 37.1 Å². The molecule has 0 spiro atoms. The molecule has 0 unspecified atom stereocenters. The van der Waals surface area contributed by atoms with Crippen molar-refractivity contribution in [1.29, 1.82) is 0 Å². The van der Waals surface area contributed by atoms with E-state index in [1.807, 2.05) is 4.90 Å². The van der Waals surface area contributed by atoms with Gasteiger partial charge in [-0.15, -0.1) is 0 Å². The number of hydrogen-bond donors (Lipinski definition) is 1. The van der Waals surface area contributed by atoms with Crippen molar-refractivity contribution in [3.05, 3.63) is 30.1 Å². The number of amides is 1. The van der Waals surface area contributed by atoms with Crippen molar-refractivity contribution in [2.24, 2.45) is 5.92 Å². The van der Waals surface area contributed by atoms with Crippen molar-refractivity contribution < 1.29 is 17.6 Å². The molecule has 1 N–H and O–H groups in total. The van der Waals surface area contributed by atoms with Crippen LogP contribution in [0.1, 0.15) is 25.7 Å². The number of anilines is 1. The van der Waals surface area contributed by atoms with E-state index in [4.69, 9.17) is 0 Å². The lowest BCUT2D eigenvalue weighted by atomic mass is 10.1. The van der Waals surface area contributed by atoms with Crippen molar-refractivity contribution >= 4 is 21.6 Å². The zero-order chi connectivity index (χ0) is 18.6. The molecule has 8 heteroatoms. The Morgan fingerprint density at radius 3 is 2.31 bits per heavy atom. The molecular formula is C18H26FN3O3S. The zero-order valence-corrected chi connectivity index (χ0v) is 15.7. The van der Waals surface area contributed by atoms with Crippen LogP contribution in [0.5, 0.6) is 0 Å². The summed E-state index contributed by atoms with van der Waals surface area (Å²) in [5.41, 5.74) is 0.896. The number of benzene rings is 1. The molecule has 1 aromatic rings.